The Morgan fingerprint density at radius 3 is 2.85 bits per heavy atom. The fourth-order valence-electron chi connectivity index (χ4n) is 2.05. The molecule has 0 unspecified atom stereocenters. The molecular weight excluding hydrogens is 246 g/mol. The third kappa shape index (κ3) is 2.86. The van der Waals surface area contributed by atoms with Gasteiger partial charge < -0.3 is 0 Å². The van der Waals surface area contributed by atoms with E-state index in [1.54, 1.807) is 4.52 Å². The second-order valence-electron chi connectivity index (χ2n) is 4.68. The van der Waals surface area contributed by atoms with Gasteiger partial charge in [0.15, 0.2) is 5.65 Å². The maximum absolute atomic E-state index is 4.57. The molecule has 3 rings (SSSR count). The Hall–Kier alpha value is -2.60. The van der Waals surface area contributed by atoms with Crippen molar-refractivity contribution in [2.45, 2.75) is 19.8 Å². The minimum absolute atomic E-state index is 0.811. The van der Waals surface area contributed by atoms with Crippen LogP contribution in [-0.2, 0) is 6.42 Å². The molecule has 0 saturated heterocycles. The summed E-state index contributed by atoms with van der Waals surface area (Å²) in [6.45, 7) is 1.97. The van der Waals surface area contributed by atoms with Crippen molar-refractivity contribution in [3.8, 4) is 11.8 Å². The van der Waals surface area contributed by atoms with Gasteiger partial charge in [-0.15, -0.1) is 0 Å². The molecule has 3 aromatic rings. The summed E-state index contributed by atoms with van der Waals surface area (Å²) in [5, 5.41) is 4.32. The lowest BCUT2D eigenvalue weighted by molar-refractivity contribution is 0.884. The molecule has 0 spiro atoms. The van der Waals surface area contributed by atoms with Crippen LogP contribution in [0.5, 0.6) is 0 Å². The summed E-state index contributed by atoms with van der Waals surface area (Å²) in [7, 11) is 0. The van der Waals surface area contributed by atoms with Crippen molar-refractivity contribution in [1.29, 1.82) is 0 Å². The molecule has 0 radical (unpaired) electrons. The molecule has 0 aliphatic rings. The molecular formula is C17H15N3. The van der Waals surface area contributed by atoms with Crippen LogP contribution in [0, 0.1) is 18.8 Å². The van der Waals surface area contributed by atoms with E-state index in [2.05, 4.69) is 21.9 Å². The fourth-order valence-corrected chi connectivity index (χ4v) is 2.05. The maximum atomic E-state index is 4.57. The first kappa shape index (κ1) is 12.4. The number of nitrogens with zero attached hydrogens (tertiary/aromatic N) is 3. The molecule has 0 aliphatic heterocycles. The topological polar surface area (TPSA) is 30.2 Å². The van der Waals surface area contributed by atoms with Crippen LogP contribution in [-0.4, -0.2) is 14.6 Å². The van der Waals surface area contributed by atoms with Crippen molar-refractivity contribution in [1.82, 2.24) is 14.6 Å². The average molecular weight is 261 g/mol. The van der Waals surface area contributed by atoms with Crippen molar-refractivity contribution in [3.05, 3.63) is 65.6 Å². The smallest absolute Gasteiger partial charge is 0.155 e. The highest BCUT2D eigenvalue weighted by Crippen LogP contribution is 2.06. The first-order valence-electron chi connectivity index (χ1n) is 6.67. The Balaban J connectivity index is 1.67. The predicted octanol–water partition coefficient (Wildman–Crippen LogP) is 3.02. The van der Waals surface area contributed by atoms with Gasteiger partial charge in [-0.2, -0.15) is 5.10 Å². The molecule has 0 N–H and O–H groups in total. The predicted molar refractivity (Wildman–Crippen MR) is 79.4 cm³/mol. The molecule has 3 nitrogen and oxygen atoms in total. The van der Waals surface area contributed by atoms with Crippen LogP contribution in [0.2, 0.25) is 0 Å². The zero-order chi connectivity index (χ0) is 13.8. The summed E-state index contributed by atoms with van der Waals surface area (Å²) >= 11 is 0. The molecule has 1 aromatic carbocycles. The van der Waals surface area contributed by atoms with Gasteiger partial charge in [-0.3, -0.25) is 0 Å². The van der Waals surface area contributed by atoms with Gasteiger partial charge in [0.1, 0.15) is 0 Å². The van der Waals surface area contributed by atoms with E-state index in [0.717, 1.165) is 35.4 Å². The van der Waals surface area contributed by atoms with E-state index >= 15 is 0 Å². The lowest BCUT2D eigenvalue weighted by Gasteiger charge is -1.97. The van der Waals surface area contributed by atoms with E-state index in [0.29, 0.717) is 0 Å². The number of aromatic nitrogens is 3. The number of rotatable bonds is 2. The highest BCUT2D eigenvalue weighted by atomic mass is 15.2. The van der Waals surface area contributed by atoms with E-state index in [1.807, 2.05) is 55.6 Å². The molecule has 98 valence electrons. The SMILES string of the molecule is Cc1cc2nc(CCC#Cc3ccccc3)ccn2n1. The van der Waals surface area contributed by atoms with Gasteiger partial charge in [0.25, 0.3) is 0 Å². The van der Waals surface area contributed by atoms with Gasteiger partial charge in [-0.05, 0) is 25.1 Å². The largest absolute Gasteiger partial charge is 0.234 e. The highest BCUT2D eigenvalue weighted by Gasteiger charge is 2.00. The molecule has 0 aliphatic carbocycles. The zero-order valence-corrected chi connectivity index (χ0v) is 11.4. The van der Waals surface area contributed by atoms with E-state index < -0.39 is 0 Å². The molecule has 0 amide bonds. The third-order valence-corrected chi connectivity index (χ3v) is 3.02. The summed E-state index contributed by atoms with van der Waals surface area (Å²) in [6, 6.07) is 14.0. The second-order valence-corrected chi connectivity index (χ2v) is 4.68. The zero-order valence-electron chi connectivity index (χ0n) is 11.4. The lowest BCUT2D eigenvalue weighted by atomic mass is 10.2. The van der Waals surface area contributed by atoms with Gasteiger partial charge >= 0.3 is 0 Å². The molecule has 2 aromatic heterocycles. The van der Waals surface area contributed by atoms with Crippen LogP contribution in [0.15, 0.2) is 48.7 Å². The number of benzene rings is 1. The molecule has 0 atom stereocenters. The van der Waals surface area contributed by atoms with Gasteiger partial charge in [-0.1, -0.05) is 30.0 Å². The summed E-state index contributed by atoms with van der Waals surface area (Å²) in [4.78, 5) is 4.57. The third-order valence-electron chi connectivity index (χ3n) is 3.02. The summed E-state index contributed by atoms with van der Waals surface area (Å²) in [5.41, 5.74) is 4.00. The minimum Gasteiger partial charge on any atom is -0.234 e. The monoisotopic (exact) mass is 261 g/mol. The van der Waals surface area contributed by atoms with Crippen molar-refractivity contribution in [2.24, 2.45) is 0 Å². The number of fused-ring (bicyclic) bond motifs is 1. The molecule has 3 heteroatoms. The molecule has 0 saturated carbocycles. The Kier molecular flexibility index (Phi) is 3.47. The van der Waals surface area contributed by atoms with Gasteiger partial charge in [-0.25, -0.2) is 9.50 Å². The standard InChI is InChI=1S/C17H15N3/c1-14-13-17-18-16(11-12-20(17)19-14)10-6-5-9-15-7-3-2-4-8-15/h2-4,7-8,11-13H,6,10H2,1H3. The summed E-state index contributed by atoms with van der Waals surface area (Å²) in [6.07, 6.45) is 3.63. The number of hydrogen-bond acceptors (Lipinski definition) is 2. The average Bonchev–Trinajstić information content (AvgIpc) is 2.84. The second kappa shape index (κ2) is 5.58. The van der Waals surface area contributed by atoms with Crippen LogP contribution in [0.1, 0.15) is 23.4 Å². The Morgan fingerprint density at radius 1 is 1.15 bits per heavy atom. The Morgan fingerprint density at radius 2 is 2.00 bits per heavy atom. The summed E-state index contributed by atoms with van der Waals surface area (Å²) in [5.74, 6) is 6.35. The first-order chi connectivity index (χ1) is 9.81. The summed E-state index contributed by atoms with van der Waals surface area (Å²) < 4.78 is 1.80. The van der Waals surface area contributed by atoms with Gasteiger partial charge in [0.05, 0.1) is 5.69 Å². The van der Waals surface area contributed by atoms with Crippen molar-refractivity contribution in [2.75, 3.05) is 0 Å². The molecule has 2 heterocycles. The van der Waals surface area contributed by atoms with Crippen molar-refractivity contribution in [3.63, 3.8) is 0 Å². The van der Waals surface area contributed by atoms with Crippen LogP contribution < -0.4 is 0 Å². The molecule has 0 fully saturated rings. The minimum atomic E-state index is 0.811. The van der Waals surface area contributed by atoms with E-state index in [9.17, 15) is 0 Å². The van der Waals surface area contributed by atoms with Crippen LogP contribution in [0.25, 0.3) is 5.65 Å². The molecule has 0 bridgehead atoms. The van der Waals surface area contributed by atoms with E-state index in [4.69, 9.17) is 0 Å². The Bertz CT molecular complexity index is 776. The first-order valence-corrected chi connectivity index (χ1v) is 6.67. The lowest BCUT2D eigenvalue weighted by Crippen LogP contribution is -1.94. The Labute approximate surface area is 118 Å². The van der Waals surface area contributed by atoms with E-state index in [1.165, 1.54) is 0 Å². The van der Waals surface area contributed by atoms with E-state index in [-0.39, 0.29) is 0 Å². The van der Waals surface area contributed by atoms with Crippen LogP contribution >= 0.6 is 0 Å². The van der Waals surface area contributed by atoms with Crippen LogP contribution in [0.4, 0.5) is 0 Å². The van der Waals surface area contributed by atoms with Crippen molar-refractivity contribution < 1.29 is 0 Å². The highest BCUT2D eigenvalue weighted by molar-refractivity contribution is 5.39. The quantitative estimate of drug-likeness (QED) is 0.664. The normalized spacial score (nSPS) is 10.2. The van der Waals surface area contributed by atoms with Crippen LogP contribution in [0.3, 0.4) is 0 Å². The number of hydrogen-bond donors (Lipinski definition) is 0. The molecule has 20 heavy (non-hydrogen) atoms. The maximum Gasteiger partial charge on any atom is 0.155 e. The van der Waals surface area contributed by atoms with Crippen molar-refractivity contribution >= 4 is 5.65 Å². The van der Waals surface area contributed by atoms with Gasteiger partial charge in [0.2, 0.25) is 0 Å². The number of aryl methyl sites for hydroxylation is 2. The van der Waals surface area contributed by atoms with Gasteiger partial charge in [0, 0.05) is 36.4 Å². The fraction of sp³-hybridized carbons (Fsp3) is 0.176.